The van der Waals surface area contributed by atoms with E-state index in [2.05, 4.69) is 27.7 Å². The molecule has 1 heterocycles. The summed E-state index contributed by atoms with van der Waals surface area (Å²) >= 11 is 0. The van der Waals surface area contributed by atoms with Gasteiger partial charge in [-0.05, 0) is 11.5 Å². The minimum Gasteiger partial charge on any atom is -0.490 e. The summed E-state index contributed by atoms with van der Waals surface area (Å²) in [6.45, 7) is 8.33. The predicted octanol–water partition coefficient (Wildman–Crippen LogP) is 2.15. The monoisotopic (exact) mass is 168 g/mol. The van der Waals surface area contributed by atoms with Crippen LogP contribution in [0.25, 0.3) is 0 Å². The van der Waals surface area contributed by atoms with Crippen molar-refractivity contribution in [2.75, 3.05) is 0 Å². The minimum atomic E-state index is -0.322. The second-order valence-corrected chi connectivity index (χ2v) is 4.44. The first kappa shape index (κ1) is 9.30. The first-order chi connectivity index (χ1) is 5.42. The lowest BCUT2D eigenvalue weighted by molar-refractivity contribution is -0.127. The molecule has 1 unspecified atom stereocenters. The van der Waals surface area contributed by atoms with Gasteiger partial charge in [0.25, 0.3) is 0 Å². The molecule has 2 nitrogen and oxygen atoms in total. The summed E-state index contributed by atoms with van der Waals surface area (Å²) in [4.78, 5) is 10.7. The number of rotatable bonds is 1. The lowest BCUT2D eigenvalue weighted by atomic mass is 9.64. The summed E-state index contributed by atoms with van der Waals surface area (Å²) in [5, 5.41) is 0. The first-order valence-corrected chi connectivity index (χ1v) is 4.20. The molecule has 0 amide bonds. The highest BCUT2D eigenvalue weighted by atomic mass is 16.5. The third-order valence-electron chi connectivity index (χ3n) is 3.21. The van der Waals surface area contributed by atoms with E-state index in [1.807, 2.05) is 6.08 Å². The van der Waals surface area contributed by atoms with Crippen LogP contribution in [0.15, 0.2) is 12.3 Å². The highest BCUT2D eigenvalue weighted by Crippen LogP contribution is 2.45. The Bertz CT molecular complexity index is 214. The van der Waals surface area contributed by atoms with Gasteiger partial charge in [-0.15, -0.1) is 0 Å². The largest absolute Gasteiger partial charge is 0.490 e. The fraction of sp³-hybridized carbons (Fsp3) is 0.700. The van der Waals surface area contributed by atoms with Crippen molar-refractivity contribution in [3.05, 3.63) is 12.3 Å². The number of carbonyl (C=O) groups excluding carboxylic acids is 1. The Morgan fingerprint density at radius 3 is 2.33 bits per heavy atom. The maximum Gasteiger partial charge on any atom is 0.161 e. The second-order valence-electron chi connectivity index (χ2n) is 4.44. The van der Waals surface area contributed by atoms with E-state index in [1.165, 1.54) is 0 Å². The van der Waals surface area contributed by atoms with Gasteiger partial charge in [0.15, 0.2) is 12.4 Å². The molecule has 0 radical (unpaired) electrons. The van der Waals surface area contributed by atoms with E-state index in [0.717, 1.165) is 6.29 Å². The number of hydrogen-bond donors (Lipinski definition) is 0. The standard InChI is InChI=1S/C10H16O2/c1-9(2)5-6-12-8(7-11)10(9,3)4/h5-8H,1-4H3. The average molecular weight is 168 g/mol. The summed E-state index contributed by atoms with van der Waals surface area (Å²) in [6.07, 6.45) is 4.19. The summed E-state index contributed by atoms with van der Waals surface area (Å²) in [7, 11) is 0. The molecule has 0 aliphatic carbocycles. The van der Waals surface area contributed by atoms with Gasteiger partial charge in [-0.1, -0.05) is 27.7 Å². The van der Waals surface area contributed by atoms with Crippen LogP contribution in [0.5, 0.6) is 0 Å². The fourth-order valence-electron chi connectivity index (χ4n) is 1.25. The van der Waals surface area contributed by atoms with Crippen molar-refractivity contribution in [2.24, 2.45) is 10.8 Å². The number of hydrogen-bond acceptors (Lipinski definition) is 2. The normalized spacial score (nSPS) is 30.8. The SMILES string of the molecule is CC1(C)C=COC(C=O)C1(C)C. The third kappa shape index (κ3) is 1.15. The lowest BCUT2D eigenvalue weighted by Crippen LogP contribution is -2.45. The van der Waals surface area contributed by atoms with E-state index in [1.54, 1.807) is 6.26 Å². The molecular formula is C10H16O2. The summed E-state index contributed by atoms with van der Waals surface area (Å²) < 4.78 is 5.23. The van der Waals surface area contributed by atoms with E-state index >= 15 is 0 Å². The van der Waals surface area contributed by atoms with Gasteiger partial charge < -0.3 is 4.74 Å². The Morgan fingerprint density at radius 1 is 1.33 bits per heavy atom. The average Bonchev–Trinajstić information content (AvgIpc) is 1.95. The fourth-order valence-corrected chi connectivity index (χ4v) is 1.25. The molecule has 12 heavy (non-hydrogen) atoms. The van der Waals surface area contributed by atoms with Crippen LogP contribution in [0.1, 0.15) is 27.7 Å². The third-order valence-corrected chi connectivity index (χ3v) is 3.21. The van der Waals surface area contributed by atoms with E-state index in [9.17, 15) is 4.79 Å². The number of ether oxygens (including phenoxy) is 1. The Labute approximate surface area is 73.6 Å². The summed E-state index contributed by atoms with van der Waals surface area (Å²) in [6, 6.07) is 0. The molecule has 1 rings (SSSR count). The molecule has 0 saturated carbocycles. The molecule has 0 spiro atoms. The Morgan fingerprint density at radius 2 is 1.92 bits per heavy atom. The number of allylic oxidation sites excluding steroid dienone is 1. The highest BCUT2D eigenvalue weighted by Gasteiger charge is 2.44. The molecule has 0 aromatic rings. The molecule has 0 N–H and O–H groups in total. The summed E-state index contributed by atoms with van der Waals surface area (Å²) in [5.74, 6) is 0. The molecule has 2 heteroatoms. The molecule has 0 fully saturated rings. The van der Waals surface area contributed by atoms with E-state index in [4.69, 9.17) is 4.74 Å². The van der Waals surface area contributed by atoms with Gasteiger partial charge in [-0.2, -0.15) is 0 Å². The molecule has 1 atom stereocenters. The molecule has 0 saturated heterocycles. The van der Waals surface area contributed by atoms with Crippen LogP contribution in [0.2, 0.25) is 0 Å². The number of carbonyl (C=O) groups is 1. The van der Waals surface area contributed by atoms with Gasteiger partial charge in [0.2, 0.25) is 0 Å². The molecule has 1 aliphatic rings. The Balaban J connectivity index is 3.02. The van der Waals surface area contributed by atoms with Crippen LogP contribution in [0.4, 0.5) is 0 Å². The zero-order valence-corrected chi connectivity index (χ0v) is 8.13. The van der Waals surface area contributed by atoms with Gasteiger partial charge in [0.05, 0.1) is 6.26 Å². The van der Waals surface area contributed by atoms with Crippen molar-refractivity contribution < 1.29 is 9.53 Å². The van der Waals surface area contributed by atoms with Crippen molar-refractivity contribution in [3.63, 3.8) is 0 Å². The molecule has 68 valence electrons. The van der Waals surface area contributed by atoms with Crippen LogP contribution in [0, 0.1) is 10.8 Å². The van der Waals surface area contributed by atoms with Crippen LogP contribution < -0.4 is 0 Å². The number of aldehydes is 1. The van der Waals surface area contributed by atoms with Crippen molar-refractivity contribution in [1.82, 2.24) is 0 Å². The summed E-state index contributed by atoms with van der Waals surface area (Å²) in [5.41, 5.74) is -0.125. The predicted molar refractivity (Wildman–Crippen MR) is 47.6 cm³/mol. The van der Waals surface area contributed by atoms with Gasteiger partial charge in [-0.25, -0.2) is 0 Å². The molecular weight excluding hydrogens is 152 g/mol. The molecule has 0 aromatic heterocycles. The van der Waals surface area contributed by atoms with Crippen LogP contribution in [0.3, 0.4) is 0 Å². The van der Waals surface area contributed by atoms with Crippen molar-refractivity contribution in [1.29, 1.82) is 0 Å². The smallest absolute Gasteiger partial charge is 0.161 e. The lowest BCUT2D eigenvalue weighted by Gasteiger charge is -2.45. The van der Waals surface area contributed by atoms with Crippen LogP contribution >= 0.6 is 0 Å². The highest BCUT2D eigenvalue weighted by molar-refractivity contribution is 5.58. The van der Waals surface area contributed by atoms with Crippen LogP contribution in [-0.2, 0) is 9.53 Å². The second kappa shape index (κ2) is 2.61. The van der Waals surface area contributed by atoms with Crippen LogP contribution in [-0.4, -0.2) is 12.4 Å². The van der Waals surface area contributed by atoms with E-state index in [-0.39, 0.29) is 16.9 Å². The van der Waals surface area contributed by atoms with Crippen molar-refractivity contribution in [3.8, 4) is 0 Å². The molecule has 0 bridgehead atoms. The maximum absolute atomic E-state index is 10.7. The van der Waals surface area contributed by atoms with Gasteiger partial charge in [0, 0.05) is 5.41 Å². The van der Waals surface area contributed by atoms with E-state index < -0.39 is 0 Å². The van der Waals surface area contributed by atoms with Gasteiger partial charge in [0.1, 0.15) is 0 Å². The van der Waals surface area contributed by atoms with E-state index in [0.29, 0.717) is 0 Å². The molecule has 0 aromatic carbocycles. The van der Waals surface area contributed by atoms with Crippen molar-refractivity contribution >= 4 is 6.29 Å². The quantitative estimate of drug-likeness (QED) is 0.561. The first-order valence-electron chi connectivity index (χ1n) is 4.20. The van der Waals surface area contributed by atoms with Gasteiger partial charge in [-0.3, -0.25) is 4.79 Å². The zero-order chi connectivity index (χ0) is 9.41. The Hall–Kier alpha value is -0.790. The molecule has 1 aliphatic heterocycles. The van der Waals surface area contributed by atoms with Crippen molar-refractivity contribution in [2.45, 2.75) is 33.8 Å². The topological polar surface area (TPSA) is 26.3 Å². The Kier molecular flexibility index (Phi) is 2.02. The van der Waals surface area contributed by atoms with Gasteiger partial charge >= 0.3 is 0 Å². The minimum absolute atomic E-state index is 0.0107. The zero-order valence-electron chi connectivity index (χ0n) is 8.13. The maximum atomic E-state index is 10.7.